The van der Waals surface area contributed by atoms with Gasteiger partial charge in [-0.05, 0) is 47.2 Å². The highest BCUT2D eigenvalue weighted by molar-refractivity contribution is 6.30. The average molecular weight is 388 g/mol. The predicted molar refractivity (Wildman–Crippen MR) is 120 cm³/mol. The van der Waals surface area contributed by atoms with Gasteiger partial charge in [0.05, 0.1) is 0 Å². The molecule has 0 unspecified atom stereocenters. The zero-order valence-electron chi connectivity index (χ0n) is 16.9. The molecule has 0 fully saturated rings. The molecule has 2 nitrogen and oxygen atoms in total. The number of ketones is 2. The van der Waals surface area contributed by atoms with Gasteiger partial charge in [-0.2, -0.15) is 0 Å². The maximum Gasteiger partial charge on any atom is 0.194 e. The molecule has 0 atom stereocenters. The molecule has 1 aliphatic carbocycles. The van der Waals surface area contributed by atoms with Crippen LogP contribution in [0.25, 0.3) is 22.3 Å². The van der Waals surface area contributed by atoms with Crippen LogP contribution in [0, 0.1) is 13.8 Å². The molecule has 5 rings (SSSR count). The van der Waals surface area contributed by atoms with Gasteiger partial charge in [-0.25, -0.2) is 0 Å². The van der Waals surface area contributed by atoms with Crippen molar-refractivity contribution < 1.29 is 9.59 Å². The molecule has 2 heteroatoms. The summed E-state index contributed by atoms with van der Waals surface area (Å²) in [7, 11) is 0. The summed E-state index contributed by atoms with van der Waals surface area (Å²) in [5.74, 6) is -0.143. The number of benzene rings is 4. The molecule has 4 aromatic carbocycles. The van der Waals surface area contributed by atoms with Gasteiger partial charge >= 0.3 is 0 Å². The first-order valence-electron chi connectivity index (χ1n) is 10.1. The molecule has 0 aliphatic heterocycles. The number of fused-ring (bicyclic) bond motifs is 2. The normalized spacial score (nSPS) is 12.5. The van der Waals surface area contributed by atoms with Crippen molar-refractivity contribution in [2.75, 3.05) is 0 Å². The summed E-state index contributed by atoms with van der Waals surface area (Å²) in [5.41, 5.74) is 7.87. The maximum atomic E-state index is 13.5. The third-order valence-electron chi connectivity index (χ3n) is 6.00. The molecule has 0 aromatic heterocycles. The van der Waals surface area contributed by atoms with Gasteiger partial charge in [-0.15, -0.1) is 0 Å². The van der Waals surface area contributed by atoms with Crippen molar-refractivity contribution in [1.82, 2.24) is 0 Å². The standard InChI is InChI=1S/C28H20O2/c1-17-23(19-11-5-3-6-12-19)24(20-13-7-4-8-14-20)18(2)26-25(17)27(29)21-15-9-10-16-22(21)28(26)30/h3-16H,1-2H3. The molecule has 0 amide bonds. The van der Waals surface area contributed by atoms with Crippen molar-refractivity contribution >= 4 is 11.6 Å². The van der Waals surface area contributed by atoms with Crippen LogP contribution in [0.15, 0.2) is 84.9 Å². The quantitative estimate of drug-likeness (QED) is 0.350. The smallest absolute Gasteiger partial charge is 0.194 e. The van der Waals surface area contributed by atoms with Gasteiger partial charge in [-0.1, -0.05) is 84.9 Å². The minimum Gasteiger partial charge on any atom is -0.289 e. The summed E-state index contributed by atoms with van der Waals surface area (Å²) in [6.45, 7) is 3.93. The van der Waals surface area contributed by atoms with Crippen LogP contribution in [0.2, 0.25) is 0 Å². The number of carbonyl (C=O) groups is 2. The fourth-order valence-corrected chi connectivity index (χ4v) is 4.65. The highest BCUT2D eigenvalue weighted by atomic mass is 16.1. The van der Waals surface area contributed by atoms with E-state index in [0.29, 0.717) is 22.3 Å². The van der Waals surface area contributed by atoms with Gasteiger partial charge < -0.3 is 0 Å². The summed E-state index contributed by atoms with van der Waals surface area (Å²) in [6, 6.07) is 27.3. The van der Waals surface area contributed by atoms with Crippen molar-refractivity contribution in [2.24, 2.45) is 0 Å². The van der Waals surface area contributed by atoms with E-state index in [-0.39, 0.29) is 11.6 Å². The van der Waals surface area contributed by atoms with Crippen LogP contribution in [0.1, 0.15) is 43.0 Å². The third-order valence-corrected chi connectivity index (χ3v) is 6.00. The molecule has 0 radical (unpaired) electrons. The zero-order chi connectivity index (χ0) is 20.8. The molecule has 0 bridgehead atoms. The maximum absolute atomic E-state index is 13.5. The summed E-state index contributed by atoms with van der Waals surface area (Å²) in [4.78, 5) is 27.0. The molecular formula is C28H20O2. The molecule has 144 valence electrons. The van der Waals surface area contributed by atoms with Gasteiger partial charge in [0.1, 0.15) is 0 Å². The Morgan fingerprint density at radius 2 is 0.767 bits per heavy atom. The number of hydrogen-bond donors (Lipinski definition) is 0. The molecule has 4 aromatic rings. The summed E-state index contributed by atoms with van der Waals surface area (Å²) >= 11 is 0. The molecular weight excluding hydrogens is 368 g/mol. The lowest BCUT2D eigenvalue weighted by Crippen LogP contribution is -2.24. The number of hydrogen-bond acceptors (Lipinski definition) is 2. The summed E-state index contributed by atoms with van der Waals surface area (Å²) in [5, 5.41) is 0. The van der Waals surface area contributed by atoms with Gasteiger partial charge in [0.2, 0.25) is 0 Å². The van der Waals surface area contributed by atoms with Crippen LogP contribution in [-0.4, -0.2) is 11.6 Å². The van der Waals surface area contributed by atoms with Crippen molar-refractivity contribution in [2.45, 2.75) is 13.8 Å². The highest BCUT2D eigenvalue weighted by Crippen LogP contribution is 2.44. The van der Waals surface area contributed by atoms with Crippen LogP contribution in [0.3, 0.4) is 0 Å². The minimum absolute atomic E-state index is 0.0717. The second-order valence-electron chi connectivity index (χ2n) is 7.69. The first-order valence-corrected chi connectivity index (χ1v) is 10.1. The lowest BCUT2D eigenvalue weighted by atomic mass is 9.74. The lowest BCUT2D eigenvalue weighted by Gasteiger charge is -2.26. The fourth-order valence-electron chi connectivity index (χ4n) is 4.65. The van der Waals surface area contributed by atoms with E-state index in [2.05, 4.69) is 24.3 Å². The zero-order valence-corrected chi connectivity index (χ0v) is 16.9. The van der Waals surface area contributed by atoms with Crippen molar-refractivity contribution in [3.05, 3.63) is 118 Å². The lowest BCUT2D eigenvalue weighted by molar-refractivity contribution is 0.0978. The molecule has 0 spiro atoms. The van der Waals surface area contributed by atoms with E-state index < -0.39 is 0 Å². The second-order valence-corrected chi connectivity index (χ2v) is 7.69. The van der Waals surface area contributed by atoms with Crippen molar-refractivity contribution in [3.8, 4) is 22.3 Å². The molecule has 0 saturated heterocycles. The fraction of sp³-hybridized carbons (Fsp3) is 0.0714. The van der Waals surface area contributed by atoms with E-state index in [9.17, 15) is 9.59 Å². The molecule has 1 aliphatic rings. The average Bonchev–Trinajstić information content (AvgIpc) is 2.79. The van der Waals surface area contributed by atoms with Crippen molar-refractivity contribution in [1.29, 1.82) is 0 Å². The number of rotatable bonds is 2. The Hall–Kier alpha value is -3.78. The number of carbonyl (C=O) groups excluding carboxylic acids is 2. The Kier molecular flexibility index (Phi) is 4.22. The summed E-state index contributed by atoms with van der Waals surface area (Å²) in [6.07, 6.45) is 0. The molecule has 0 N–H and O–H groups in total. The highest BCUT2D eigenvalue weighted by Gasteiger charge is 2.35. The SMILES string of the molecule is Cc1c2c(c(C)c(-c3ccccc3)c1-c1ccccc1)C(=O)c1ccccc1C2=O. The monoisotopic (exact) mass is 388 g/mol. The Morgan fingerprint density at radius 3 is 1.13 bits per heavy atom. The molecule has 30 heavy (non-hydrogen) atoms. The third kappa shape index (κ3) is 2.57. The van der Waals surface area contributed by atoms with E-state index in [4.69, 9.17) is 0 Å². The Bertz CT molecular complexity index is 1210. The topological polar surface area (TPSA) is 34.1 Å². The first kappa shape index (κ1) is 18.3. The van der Waals surface area contributed by atoms with E-state index in [0.717, 1.165) is 33.4 Å². The minimum atomic E-state index is -0.0717. The summed E-state index contributed by atoms with van der Waals surface area (Å²) < 4.78 is 0. The van der Waals surface area contributed by atoms with Crippen LogP contribution < -0.4 is 0 Å². The Labute approximate surface area is 175 Å². The van der Waals surface area contributed by atoms with Crippen molar-refractivity contribution in [3.63, 3.8) is 0 Å². The van der Waals surface area contributed by atoms with E-state index in [1.165, 1.54) is 0 Å². The van der Waals surface area contributed by atoms with E-state index in [1.807, 2.05) is 62.4 Å². The van der Waals surface area contributed by atoms with Crippen LogP contribution >= 0.6 is 0 Å². The largest absolute Gasteiger partial charge is 0.289 e. The Morgan fingerprint density at radius 1 is 0.433 bits per heavy atom. The van der Waals surface area contributed by atoms with Gasteiger partial charge in [-0.3, -0.25) is 9.59 Å². The van der Waals surface area contributed by atoms with E-state index in [1.54, 1.807) is 12.1 Å². The van der Waals surface area contributed by atoms with Crippen LogP contribution in [0.4, 0.5) is 0 Å². The van der Waals surface area contributed by atoms with E-state index >= 15 is 0 Å². The molecule has 0 heterocycles. The second kappa shape index (κ2) is 6.93. The van der Waals surface area contributed by atoms with Gasteiger partial charge in [0, 0.05) is 22.3 Å². The van der Waals surface area contributed by atoms with Gasteiger partial charge in [0.25, 0.3) is 0 Å². The predicted octanol–water partition coefficient (Wildman–Crippen LogP) is 6.41. The first-order chi connectivity index (χ1) is 14.6. The Balaban J connectivity index is 1.93. The van der Waals surface area contributed by atoms with Crippen LogP contribution in [0.5, 0.6) is 0 Å². The van der Waals surface area contributed by atoms with Crippen LogP contribution in [-0.2, 0) is 0 Å². The molecule has 0 saturated carbocycles. The van der Waals surface area contributed by atoms with Gasteiger partial charge in [0.15, 0.2) is 11.6 Å².